The van der Waals surface area contributed by atoms with Gasteiger partial charge in [-0.15, -0.1) is 0 Å². The summed E-state index contributed by atoms with van der Waals surface area (Å²) in [5.41, 5.74) is 13.0. The summed E-state index contributed by atoms with van der Waals surface area (Å²) in [4.78, 5) is 5.46. The molecule has 7 rings (SSSR count). The van der Waals surface area contributed by atoms with Crippen LogP contribution in [0.25, 0.3) is 21.5 Å². The highest BCUT2D eigenvalue weighted by molar-refractivity contribution is 6.89. The van der Waals surface area contributed by atoms with E-state index in [1.165, 1.54) is 93.5 Å². The number of rotatable bonds is 12. The van der Waals surface area contributed by atoms with Gasteiger partial charge in [-0.3, -0.25) is 0 Å². The fourth-order valence-corrected chi connectivity index (χ4v) is 16.6. The van der Waals surface area contributed by atoms with Gasteiger partial charge in [-0.05, 0) is 108 Å². The van der Waals surface area contributed by atoms with Crippen molar-refractivity contribution in [1.29, 1.82) is 0 Å². The molecule has 0 aliphatic rings. The van der Waals surface area contributed by atoms with Crippen molar-refractivity contribution in [2.45, 2.75) is 145 Å². The molecule has 0 aromatic heterocycles. The van der Waals surface area contributed by atoms with Gasteiger partial charge >= 0.3 is 0 Å². The van der Waals surface area contributed by atoms with Crippen molar-refractivity contribution in [1.82, 2.24) is 0 Å². The molecule has 0 atom stereocenters. The van der Waals surface area contributed by atoms with Gasteiger partial charge < -0.3 is 9.80 Å². The first-order chi connectivity index (χ1) is 31.6. The topological polar surface area (TPSA) is 6.48 Å². The second-order valence-corrected chi connectivity index (χ2v) is 44.0. The van der Waals surface area contributed by atoms with E-state index in [1.807, 2.05) is 0 Å². The van der Waals surface area contributed by atoms with Gasteiger partial charge in [-0.1, -0.05) is 200 Å². The van der Waals surface area contributed by atoms with E-state index in [0.29, 0.717) is 0 Å². The zero-order chi connectivity index (χ0) is 50.0. The summed E-state index contributed by atoms with van der Waals surface area (Å²) in [6, 6.07) is 45.6. The maximum atomic E-state index is 2.74. The maximum Gasteiger partial charge on any atom is 0.0777 e. The number of fused-ring (bicyclic) bond motifs is 2. The third-order valence-corrected chi connectivity index (χ3v) is 24.1. The Labute approximate surface area is 422 Å². The van der Waals surface area contributed by atoms with Crippen LogP contribution in [0.1, 0.15) is 63.8 Å². The van der Waals surface area contributed by atoms with E-state index in [2.05, 4.69) is 253 Å². The lowest BCUT2D eigenvalue weighted by Gasteiger charge is -2.36. The fraction of sp³-hybridized carbons (Fsp3) is 0.367. The molecule has 7 aromatic carbocycles. The van der Waals surface area contributed by atoms with E-state index in [0.717, 1.165) is 0 Å². The maximum absolute atomic E-state index is 2.74. The summed E-state index contributed by atoms with van der Waals surface area (Å²) in [6.07, 6.45) is 0. The Morgan fingerprint density at radius 3 is 1.18 bits per heavy atom. The number of benzene rings is 7. The number of hydrogen-bond acceptors (Lipinski definition) is 2. The summed E-state index contributed by atoms with van der Waals surface area (Å²) in [7, 11) is -6.67. The first-order valence-corrected chi connectivity index (χ1v) is 42.8. The molecule has 0 radical (unpaired) electrons. The van der Waals surface area contributed by atoms with Gasteiger partial charge in [0.25, 0.3) is 0 Å². The van der Waals surface area contributed by atoms with Crippen LogP contribution in [0.3, 0.4) is 0 Å². The summed E-state index contributed by atoms with van der Waals surface area (Å²) in [6.45, 7) is 48.9. The first kappa shape index (κ1) is 51.8. The smallest absolute Gasteiger partial charge is 0.0777 e. The van der Waals surface area contributed by atoms with Gasteiger partial charge in [-0.25, -0.2) is 0 Å². The number of nitrogens with zero attached hydrogens (tertiary/aromatic N) is 2. The van der Waals surface area contributed by atoms with Crippen LogP contribution >= 0.6 is 0 Å². The van der Waals surface area contributed by atoms with E-state index < -0.39 is 52.8 Å². The molecule has 0 heterocycles. The van der Waals surface area contributed by atoms with Gasteiger partial charge in [0.2, 0.25) is 0 Å². The molecule has 0 unspecified atom stereocenters. The van der Waals surface area contributed by atoms with Gasteiger partial charge in [0, 0.05) is 44.3 Å². The number of aryl methyl sites for hydroxylation is 2. The quantitative estimate of drug-likeness (QED) is 0.0684. The SMILES string of the molecule is C[SiH2]c1cc([SiH2]C)cc(N(c2cc(C)cc([SiH](C)C)c2)c2c3ccc(C(C)(C)C)cc3c(N(c3cc(C)cc([Si](C)(C)C)c3)c3cc([SiH](C)C)cc([Si](C)(C)C)c3)c3ccc(C(C)(C)C)cc23)c1. The largest absolute Gasteiger partial charge is 0.309 e. The molecule has 0 amide bonds. The molecular formula is C60H84N2Si6. The van der Waals surface area contributed by atoms with Crippen molar-refractivity contribution in [3.63, 3.8) is 0 Å². The molecule has 0 saturated heterocycles. The third kappa shape index (κ3) is 10.8. The van der Waals surface area contributed by atoms with Gasteiger partial charge in [0.1, 0.15) is 0 Å². The molecule has 0 aliphatic heterocycles. The second-order valence-electron chi connectivity index (χ2n) is 24.9. The Balaban J connectivity index is 1.81. The van der Waals surface area contributed by atoms with Gasteiger partial charge in [0.15, 0.2) is 0 Å². The molecule has 68 heavy (non-hydrogen) atoms. The minimum Gasteiger partial charge on any atom is -0.309 e. The van der Waals surface area contributed by atoms with Crippen molar-refractivity contribution in [3.05, 3.63) is 131 Å². The predicted molar refractivity (Wildman–Crippen MR) is 329 cm³/mol. The molecule has 0 bridgehead atoms. The molecule has 0 spiro atoms. The third-order valence-electron chi connectivity index (χ3n) is 14.3. The van der Waals surface area contributed by atoms with E-state index in [1.54, 1.807) is 15.6 Å². The average Bonchev–Trinajstić information content (AvgIpc) is 3.24. The van der Waals surface area contributed by atoms with Crippen LogP contribution in [0.2, 0.25) is 78.6 Å². The minimum atomic E-state index is -1.74. The van der Waals surface area contributed by atoms with Crippen LogP contribution < -0.4 is 40.9 Å². The summed E-state index contributed by atoms with van der Waals surface area (Å²) in [5, 5.41) is 14.4. The Morgan fingerprint density at radius 2 is 0.779 bits per heavy atom. The van der Waals surface area contributed by atoms with Crippen LogP contribution in [-0.2, 0) is 10.8 Å². The molecule has 2 nitrogen and oxygen atoms in total. The first-order valence-electron chi connectivity index (χ1n) is 25.8. The van der Waals surface area contributed by atoms with Crippen LogP contribution in [0, 0.1) is 13.8 Å². The van der Waals surface area contributed by atoms with E-state index >= 15 is 0 Å². The van der Waals surface area contributed by atoms with Crippen molar-refractivity contribution in [2.75, 3.05) is 9.80 Å². The lowest BCUT2D eigenvalue weighted by atomic mass is 9.82. The molecule has 0 aliphatic carbocycles. The van der Waals surface area contributed by atoms with Crippen molar-refractivity contribution >= 4 is 140 Å². The van der Waals surface area contributed by atoms with Crippen LogP contribution in [0.4, 0.5) is 34.1 Å². The Bertz CT molecular complexity index is 2990. The zero-order valence-electron chi connectivity index (χ0n) is 45.9. The highest BCUT2D eigenvalue weighted by atomic mass is 28.3. The van der Waals surface area contributed by atoms with E-state index in [9.17, 15) is 0 Å². The van der Waals surface area contributed by atoms with Crippen molar-refractivity contribution in [3.8, 4) is 0 Å². The van der Waals surface area contributed by atoms with Crippen LogP contribution in [0.5, 0.6) is 0 Å². The highest BCUT2D eigenvalue weighted by Gasteiger charge is 2.31. The van der Waals surface area contributed by atoms with Gasteiger partial charge in [-0.2, -0.15) is 0 Å². The summed E-state index contributed by atoms with van der Waals surface area (Å²) in [5.74, 6) is 0. The Kier molecular flexibility index (Phi) is 14.7. The molecule has 0 N–H and O–H groups in total. The number of hydrogen-bond donors (Lipinski definition) is 0. The van der Waals surface area contributed by atoms with E-state index in [-0.39, 0.29) is 10.8 Å². The highest BCUT2D eigenvalue weighted by Crippen LogP contribution is 2.52. The molecule has 8 heteroatoms. The lowest BCUT2D eigenvalue weighted by molar-refractivity contribution is 0.590. The normalized spacial score (nSPS) is 13.1. The molecule has 7 aromatic rings. The summed E-state index contributed by atoms with van der Waals surface area (Å²) >= 11 is 0. The monoisotopic (exact) mass is 1000 g/mol. The standard InChI is InChI=1S/C60H84N2Si6/c1-39-25-43(33-49(27-39)65(11)12)61(45-31-47(63-9)37-48(32-45)64-10)57-53-23-21-42(60(6,7)8)30-56(53)58(54-24-22-41(29-55(54)57)59(3,4)5)62(44-26-40(2)28-51(35-44)67(15,16)17)46-34-50(66(13)14)38-52(36-46)68(18,19)20/h21-38,65-66H,63-64H2,1-20H3. The van der Waals surface area contributed by atoms with Crippen LogP contribution in [0.15, 0.2) is 109 Å². The van der Waals surface area contributed by atoms with Crippen molar-refractivity contribution in [2.24, 2.45) is 0 Å². The fourth-order valence-electron chi connectivity index (χ4n) is 9.80. The lowest BCUT2D eigenvalue weighted by Crippen LogP contribution is -2.41. The molecule has 358 valence electrons. The van der Waals surface area contributed by atoms with E-state index in [4.69, 9.17) is 0 Å². The minimum absolute atomic E-state index is 0.0547. The Morgan fingerprint density at radius 1 is 0.412 bits per heavy atom. The molecule has 0 fully saturated rings. The average molecular weight is 1000 g/mol. The molecule has 0 saturated carbocycles. The van der Waals surface area contributed by atoms with Crippen molar-refractivity contribution < 1.29 is 0 Å². The molecular weight excluding hydrogens is 917 g/mol. The van der Waals surface area contributed by atoms with Crippen LogP contribution in [-0.4, -0.2) is 52.8 Å². The summed E-state index contributed by atoms with van der Waals surface area (Å²) < 4.78 is 0. The zero-order valence-corrected chi connectivity index (χ0v) is 53.0. The van der Waals surface area contributed by atoms with Gasteiger partial charge in [0.05, 0.1) is 64.2 Å². The Hall–Kier alpha value is -4.04. The number of anilines is 6. The second kappa shape index (κ2) is 19.3. The predicted octanol–water partition coefficient (Wildman–Crippen LogP) is 12.3.